The molecule has 2 nitrogen and oxygen atoms in total. The molecular formula is C13H18BrIN2. The molecule has 2 unspecified atom stereocenters. The number of halogens is 2. The Labute approximate surface area is 129 Å². The van der Waals surface area contributed by atoms with Crippen molar-refractivity contribution in [3.05, 3.63) is 40.4 Å². The van der Waals surface area contributed by atoms with E-state index in [1.807, 2.05) is 0 Å². The normalized spacial score (nSPS) is 24.9. The number of quaternary nitrogens is 1. The molecule has 1 aliphatic rings. The zero-order valence-electron chi connectivity index (χ0n) is 10.4. The largest absolute Gasteiger partial charge is 1.00 e. The van der Waals surface area contributed by atoms with Gasteiger partial charge in [0.1, 0.15) is 0 Å². The molecule has 0 amide bonds. The maximum Gasteiger partial charge on any atom is 0.169 e. The van der Waals surface area contributed by atoms with E-state index >= 15 is 0 Å². The number of hydrogen-bond acceptors (Lipinski definition) is 1. The zero-order valence-corrected chi connectivity index (χ0v) is 14.1. The van der Waals surface area contributed by atoms with Crippen molar-refractivity contribution in [1.82, 2.24) is 5.01 Å². The van der Waals surface area contributed by atoms with Crippen molar-refractivity contribution < 1.29 is 29.0 Å². The van der Waals surface area contributed by atoms with Crippen LogP contribution in [0.2, 0.25) is 0 Å². The minimum Gasteiger partial charge on any atom is -1.00 e. The van der Waals surface area contributed by atoms with Crippen LogP contribution in [-0.2, 0) is 0 Å². The highest BCUT2D eigenvalue weighted by Crippen LogP contribution is 2.28. The third-order valence-electron chi connectivity index (χ3n) is 3.34. The van der Waals surface area contributed by atoms with E-state index in [0.29, 0.717) is 6.04 Å². The first-order chi connectivity index (χ1) is 7.66. The second-order valence-electron chi connectivity index (χ2n) is 4.21. The molecule has 0 saturated carbocycles. The maximum absolute atomic E-state index is 3.77. The van der Waals surface area contributed by atoms with Gasteiger partial charge in [0.2, 0.25) is 0 Å². The van der Waals surface area contributed by atoms with E-state index in [2.05, 4.69) is 72.3 Å². The highest BCUT2D eigenvalue weighted by atomic mass is 127. The molecule has 0 radical (unpaired) electrons. The van der Waals surface area contributed by atoms with Crippen molar-refractivity contribution in [2.24, 2.45) is 0 Å². The zero-order chi connectivity index (χ0) is 11.7. The van der Waals surface area contributed by atoms with Crippen LogP contribution in [0.4, 0.5) is 0 Å². The quantitative estimate of drug-likeness (QED) is 0.611. The Hall–Kier alpha value is 0.0900. The van der Waals surface area contributed by atoms with Crippen LogP contribution in [0.25, 0.3) is 5.70 Å². The predicted octanol–water partition coefficient (Wildman–Crippen LogP) is -1.09. The molecule has 1 aliphatic heterocycles. The topological polar surface area (TPSA) is 7.68 Å². The molecule has 0 bridgehead atoms. The predicted molar refractivity (Wildman–Crippen MR) is 71.0 cm³/mol. The van der Waals surface area contributed by atoms with Gasteiger partial charge in [-0.15, -0.1) is 5.01 Å². The first-order valence-corrected chi connectivity index (χ1v) is 6.48. The Bertz CT molecular complexity index is 405. The summed E-state index contributed by atoms with van der Waals surface area (Å²) >= 11 is 3.77. The summed E-state index contributed by atoms with van der Waals surface area (Å²) in [7, 11) is 4.36. The number of nitrogens with zero attached hydrogens (tertiary/aromatic N) is 1. The fourth-order valence-corrected chi connectivity index (χ4v) is 3.47. The second kappa shape index (κ2) is 6.31. The summed E-state index contributed by atoms with van der Waals surface area (Å²) in [5.41, 5.74) is 2.66. The van der Waals surface area contributed by atoms with Gasteiger partial charge in [-0.1, -0.05) is 25.1 Å². The van der Waals surface area contributed by atoms with Crippen molar-refractivity contribution in [1.29, 1.82) is 0 Å². The van der Waals surface area contributed by atoms with Gasteiger partial charge in [-0.2, -0.15) is 0 Å². The van der Waals surface area contributed by atoms with Crippen LogP contribution < -0.4 is 29.0 Å². The van der Waals surface area contributed by atoms with Gasteiger partial charge in [-0.3, -0.25) is 0 Å². The Morgan fingerprint density at radius 1 is 1.29 bits per heavy atom. The van der Waals surface area contributed by atoms with Crippen LogP contribution in [0.5, 0.6) is 0 Å². The van der Waals surface area contributed by atoms with Crippen LogP contribution in [0.3, 0.4) is 0 Å². The lowest BCUT2D eigenvalue weighted by Gasteiger charge is -2.22. The van der Waals surface area contributed by atoms with Crippen molar-refractivity contribution in [3.63, 3.8) is 0 Å². The summed E-state index contributed by atoms with van der Waals surface area (Å²) in [5, 5.41) is 3.71. The van der Waals surface area contributed by atoms with Crippen LogP contribution in [-0.4, -0.2) is 25.1 Å². The molecule has 1 heterocycles. The Kier molecular flexibility index (Phi) is 5.63. The monoisotopic (exact) mass is 408 g/mol. The highest BCUT2D eigenvalue weighted by Gasteiger charge is 2.37. The smallest absolute Gasteiger partial charge is 0.169 e. The average Bonchev–Trinajstić information content (AvgIpc) is 2.51. The van der Waals surface area contributed by atoms with E-state index in [4.69, 9.17) is 0 Å². The molecule has 17 heavy (non-hydrogen) atoms. The fourth-order valence-electron chi connectivity index (χ4n) is 2.32. The lowest BCUT2D eigenvalue weighted by Crippen LogP contribution is -3.11. The molecule has 94 valence electrons. The molecule has 0 spiro atoms. The van der Waals surface area contributed by atoms with Crippen molar-refractivity contribution in [3.8, 4) is 0 Å². The average molecular weight is 409 g/mol. The van der Waals surface area contributed by atoms with Crippen molar-refractivity contribution in [2.45, 2.75) is 19.4 Å². The van der Waals surface area contributed by atoms with Gasteiger partial charge in [-0.25, -0.2) is 5.01 Å². The summed E-state index contributed by atoms with van der Waals surface area (Å²) in [6.07, 6.45) is 1.13. The number of benzene rings is 1. The number of rotatable bonds is 2. The molecule has 0 saturated heterocycles. The van der Waals surface area contributed by atoms with Gasteiger partial charge in [-0.05, 0) is 34.5 Å². The molecule has 2 rings (SSSR count). The van der Waals surface area contributed by atoms with Crippen LogP contribution in [0.1, 0.15) is 18.9 Å². The van der Waals surface area contributed by atoms with E-state index in [9.17, 15) is 0 Å². The molecular weight excluding hydrogens is 391 g/mol. The van der Waals surface area contributed by atoms with Gasteiger partial charge in [0.15, 0.2) is 5.70 Å². The second-order valence-corrected chi connectivity index (χ2v) is 5.06. The molecule has 2 atom stereocenters. The third-order valence-corrected chi connectivity index (χ3v) is 4.26. The third kappa shape index (κ3) is 2.75. The van der Waals surface area contributed by atoms with Crippen molar-refractivity contribution >= 4 is 21.6 Å². The molecule has 1 aromatic rings. The molecule has 0 aliphatic carbocycles. The van der Waals surface area contributed by atoms with Gasteiger partial charge < -0.3 is 24.0 Å². The van der Waals surface area contributed by atoms with E-state index in [1.54, 1.807) is 0 Å². The lowest BCUT2D eigenvalue weighted by atomic mass is 10.1. The summed E-state index contributed by atoms with van der Waals surface area (Å²) in [5.74, 6) is 0. The molecule has 4 heteroatoms. The molecule has 1 N–H and O–H groups in total. The van der Waals surface area contributed by atoms with Gasteiger partial charge >= 0.3 is 0 Å². The first kappa shape index (κ1) is 15.1. The van der Waals surface area contributed by atoms with Gasteiger partial charge in [0.05, 0.1) is 17.6 Å². The standard InChI is InChI=1S/C13H17BrN2.HI/c1-4-11-12(14)13(16(3)15(11)2)10-8-6-5-7-9-10;/h5-9,11H,4H2,1-3H3;1H. The first-order valence-electron chi connectivity index (χ1n) is 5.68. The van der Waals surface area contributed by atoms with E-state index in [1.165, 1.54) is 20.8 Å². The van der Waals surface area contributed by atoms with E-state index in [0.717, 1.165) is 6.42 Å². The summed E-state index contributed by atoms with van der Waals surface area (Å²) in [6.45, 7) is 2.23. The van der Waals surface area contributed by atoms with Crippen LogP contribution >= 0.6 is 15.9 Å². The van der Waals surface area contributed by atoms with Crippen LogP contribution in [0, 0.1) is 0 Å². The number of hydrogen-bond donors (Lipinski definition) is 1. The minimum atomic E-state index is 0. The summed E-state index contributed by atoms with van der Waals surface area (Å²) < 4.78 is 1.32. The number of nitrogens with one attached hydrogen (secondary N) is 1. The van der Waals surface area contributed by atoms with Gasteiger partial charge in [0.25, 0.3) is 0 Å². The lowest BCUT2D eigenvalue weighted by molar-refractivity contribution is -0.927. The maximum atomic E-state index is 3.77. The van der Waals surface area contributed by atoms with E-state index in [-0.39, 0.29) is 24.0 Å². The van der Waals surface area contributed by atoms with Crippen molar-refractivity contribution in [2.75, 3.05) is 14.1 Å². The SMILES string of the molecule is CCC1C(Br)=C(c2ccccc2)[NH+](C)N1C.[I-]. The van der Waals surface area contributed by atoms with Gasteiger partial charge in [0, 0.05) is 12.6 Å². The minimum absolute atomic E-state index is 0. The Balaban J connectivity index is 0.00000144. The van der Waals surface area contributed by atoms with Crippen LogP contribution in [0.15, 0.2) is 34.8 Å². The summed E-state index contributed by atoms with van der Waals surface area (Å²) in [4.78, 5) is 0. The Morgan fingerprint density at radius 2 is 1.88 bits per heavy atom. The summed E-state index contributed by atoms with van der Waals surface area (Å²) in [6, 6.07) is 11.1. The molecule has 0 fully saturated rings. The molecule has 0 aromatic heterocycles. The number of likely N-dealkylation sites (N-methyl/N-ethyl adjacent to an activating group) is 1. The highest BCUT2D eigenvalue weighted by molar-refractivity contribution is 9.11. The molecule has 1 aromatic carbocycles. The fraction of sp³-hybridized carbons (Fsp3) is 0.385. The van der Waals surface area contributed by atoms with E-state index < -0.39 is 0 Å². The Morgan fingerprint density at radius 3 is 2.35 bits per heavy atom.